The quantitative estimate of drug-likeness (QED) is 0.395. The summed E-state index contributed by atoms with van der Waals surface area (Å²) in [6.45, 7) is 0. The van der Waals surface area contributed by atoms with Crippen molar-refractivity contribution in [2.45, 2.75) is 11.2 Å². The molecule has 1 aromatic heterocycles. The number of carbonyl (C=O) groups is 2. The lowest BCUT2D eigenvalue weighted by Crippen LogP contribution is -2.42. The van der Waals surface area contributed by atoms with Crippen molar-refractivity contribution in [3.63, 3.8) is 0 Å². The predicted octanol–water partition coefficient (Wildman–Crippen LogP) is 3.20. The molecule has 10 heteroatoms. The summed E-state index contributed by atoms with van der Waals surface area (Å²) in [5.74, 6) is -2.62. The summed E-state index contributed by atoms with van der Waals surface area (Å²) in [5, 5.41) is 0.434. The predicted molar refractivity (Wildman–Crippen MR) is 97.3 cm³/mol. The highest BCUT2D eigenvalue weighted by molar-refractivity contribution is 8.00. The number of hydrazine groups is 1. The van der Waals surface area contributed by atoms with Gasteiger partial charge in [0.25, 0.3) is 5.91 Å². The number of carbonyl (C=O) groups excluding carboxylic acids is 2. The Morgan fingerprint density at radius 3 is 2.32 bits per heavy atom. The Balaban J connectivity index is 1.67. The molecule has 3 rings (SSSR count). The highest BCUT2D eigenvalue weighted by Gasteiger charge is 2.35. The van der Waals surface area contributed by atoms with Crippen LogP contribution in [0.3, 0.4) is 0 Å². The van der Waals surface area contributed by atoms with E-state index in [-0.39, 0.29) is 16.3 Å². The van der Waals surface area contributed by atoms with Gasteiger partial charge in [-0.3, -0.25) is 20.4 Å². The molecule has 6 nitrogen and oxygen atoms in total. The fraction of sp³-hybridized carbons (Fsp3) is 0.111. The van der Waals surface area contributed by atoms with E-state index < -0.39 is 23.8 Å². The van der Waals surface area contributed by atoms with Gasteiger partial charge in [0.1, 0.15) is 5.03 Å². The number of fused-ring (bicyclic) bond motifs is 1. The van der Waals surface area contributed by atoms with Crippen LogP contribution in [-0.2, 0) is 11.0 Å². The van der Waals surface area contributed by atoms with E-state index in [1.807, 2.05) is 0 Å². The Morgan fingerprint density at radius 2 is 1.61 bits per heavy atom. The number of halogens is 3. The highest BCUT2D eigenvalue weighted by Crippen LogP contribution is 2.31. The molecule has 0 fully saturated rings. The van der Waals surface area contributed by atoms with Gasteiger partial charge in [0.15, 0.2) is 0 Å². The maximum Gasteiger partial charge on any atom is 0.451 e. The minimum atomic E-state index is -4.70. The third-order valence-electron chi connectivity index (χ3n) is 3.51. The first-order chi connectivity index (χ1) is 13.3. The third-order valence-corrected chi connectivity index (χ3v) is 4.50. The van der Waals surface area contributed by atoms with Crippen LogP contribution in [0.25, 0.3) is 10.9 Å². The molecule has 2 amide bonds. The summed E-state index contributed by atoms with van der Waals surface area (Å²) in [6.07, 6.45) is -4.70. The topological polar surface area (TPSA) is 84.0 Å². The van der Waals surface area contributed by atoms with Crippen molar-refractivity contribution in [1.82, 2.24) is 20.8 Å². The molecular formula is C18H13F3N4O2S. The smallest absolute Gasteiger partial charge is 0.272 e. The normalized spacial score (nSPS) is 11.2. The van der Waals surface area contributed by atoms with E-state index in [4.69, 9.17) is 0 Å². The molecule has 0 atom stereocenters. The Bertz CT molecular complexity index is 1010. The fourth-order valence-corrected chi connectivity index (χ4v) is 3.06. The zero-order valence-corrected chi connectivity index (χ0v) is 15.0. The maximum absolute atomic E-state index is 13.0. The van der Waals surface area contributed by atoms with Crippen LogP contribution in [-0.4, -0.2) is 27.5 Å². The number of thioether (sulfide) groups is 1. The molecule has 3 aromatic rings. The van der Waals surface area contributed by atoms with Gasteiger partial charge >= 0.3 is 6.18 Å². The summed E-state index contributed by atoms with van der Waals surface area (Å²) < 4.78 is 39.0. The first-order valence-corrected chi connectivity index (χ1v) is 8.94. The zero-order valence-electron chi connectivity index (χ0n) is 14.2. The first kappa shape index (κ1) is 19.6. The minimum Gasteiger partial charge on any atom is -0.272 e. The SMILES string of the molecule is O=C(CSc1nc(C(F)(F)F)nc2ccccc12)NNC(=O)c1ccccc1. The number of benzene rings is 2. The molecule has 0 aliphatic carbocycles. The molecule has 0 aliphatic rings. The van der Waals surface area contributed by atoms with Crippen LogP contribution in [0.15, 0.2) is 59.6 Å². The molecular weight excluding hydrogens is 393 g/mol. The molecule has 0 aliphatic heterocycles. The van der Waals surface area contributed by atoms with Gasteiger partial charge in [-0.05, 0) is 18.2 Å². The molecule has 2 N–H and O–H groups in total. The molecule has 28 heavy (non-hydrogen) atoms. The minimum absolute atomic E-state index is 0.0301. The van der Waals surface area contributed by atoms with Gasteiger partial charge in [-0.25, -0.2) is 9.97 Å². The Hall–Kier alpha value is -3.14. The second kappa shape index (κ2) is 8.26. The van der Waals surface area contributed by atoms with Crippen LogP contribution in [0.2, 0.25) is 0 Å². The van der Waals surface area contributed by atoms with Crippen molar-refractivity contribution >= 4 is 34.5 Å². The molecule has 2 aromatic carbocycles. The van der Waals surface area contributed by atoms with Crippen molar-refractivity contribution in [3.05, 3.63) is 66.0 Å². The number of nitrogens with one attached hydrogen (secondary N) is 2. The number of amides is 2. The second-order valence-corrected chi connectivity index (χ2v) is 6.49. The Kier molecular flexibility index (Phi) is 5.78. The van der Waals surface area contributed by atoms with Gasteiger partial charge in [0.05, 0.1) is 11.3 Å². The van der Waals surface area contributed by atoms with Crippen molar-refractivity contribution in [3.8, 4) is 0 Å². The van der Waals surface area contributed by atoms with Gasteiger partial charge in [0.2, 0.25) is 11.7 Å². The number of aromatic nitrogens is 2. The largest absolute Gasteiger partial charge is 0.451 e. The van der Waals surface area contributed by atoms with Gasteiger partial charge in [0, 0.05) is 10.9 Å². The molecule has 0 bridgehead atoms. The first-order valence-electron chi connectivity index (χ1n) is 7.95. The number of nitrogens with zero attached hydrogens (tertiary/aromatic N) is 2. The van der Waals surface area contributed by atoms with Crippen LogP contribution >= 0.6 is 11.8 Å². The van der Waals surface area contributed by atoms with E-state index in [9.17, 15) is 22.8 Å². The molecule has 144 valence electrons. The Labute approximate surface area is 161 Å². The van der Waals surface area contributed by atoms with Gasteiger partial charge < -0.3 is 0 Å². The molecule has 0 saturated carbocycles. The van der Waals surface area contributed by atoms with Crippen molar-refractivity contribution < 1.29 is 22.8 Å². The van der Waals surface area contributed by atoms with E-state index in [1.165, 1.54) is 6.07 Å². The molecule has 0 unspecified atom stereocenters. The van der Waals surface area contributed by atoms with Crippen LogP contribution in [0.1, 0.15) is 16.2 Å². The van der Waals surface area contributed by atoms with E-state index >= 15 is 0 Å². The van der Waals surface area contributed by atoms with Crippen LogP contribution in [0.5, 0.6) is 0 Å². The van der Waals surface area contributed by atoms with Crippen LogP contribution < -0.4 is 10.9 Å². The number of para-hydroxylation sites is 1. The summed E-state index contributed by atoms with van der Waals surface area (Å²) >= 11 is 0.821. The number of rotatable bonds is 4. The molecule has 0 spiro atoms. The summed E-state index contributed by atoms with van der Waals surface area (Å²) in [5.41, 5.74) is 4.95. The zero-order chi connectivity index (χ0) is 20.1. The average molecular weight is 406 g/mol. The number of hydrogen-bond acceptors (Lipinski definition) is 5. The van der Waals surface area contributed by atoms with Crippen molar-refractivity contribution in [1.29, 1.82) is 0 Å². The number of hydrogen-bond donors (Lipinski definition) is 2. The maximum atomic E-state index is 13.0. The van der Waals surface area contributed by atoms with Gasteiger partial charge in [-0.15, -0.1) is 0 Å². The fourth-order valence-electron chi connectivity index (χ4n) is 2.24. The lowest BCUT2D eigenvalue weighted by atomic mass is 10.2. The Morgan fingerprint density at radius 1 is 0.929 bits per heavy atom. The van der Waals surface area contributed by atoms with E-state index in [2.05, 4.69) is 20.8 Å². The lowest BCUT2D eigenvalue weighted by Gasteiger charge is -2.11. The summed E-state index contributed by atoms with van der Waals surface area (Å²) in [4.78, 5) is 30.9. The van der Waals surface area contributed by atoms with E-state index in [1.54, 1.807) is 48.5 Å². The van der Waals surface area contributed by atoms with Crippen LogP contribution in [0, 0.1) is 0 Å². The van der Waals surface area contributed by atoms with Crippen molar-refractivity contribution in [2.24, 2.45) is 0 Å². The summed E-state index contributed by atoms with van der Waals surface area (Å²) in [6, 6.07) is 14.5. The highest BCUT2D eigenvalue weighted by atomic mass is 32.2. The summed E-state index contributed by atoms with van der Waals surface area (Å²) in [7, 11) is 0. The van der Waals surface area contributed by atoms with Gasteiger partial charge in [-0.1, -0.05) is 48.2 Å². The third kappa shape index (κ3) is 4.77. The number of alkyl halides is 3. The molecule has 0 radical (unpaired) electrons. The second-order valence-electron chi connectivity index (χ2n) is 5.52. The van der Waals surface area contributed by atoms with Crippen molar-refractivity contribution in [2.75, 3.05) is 5.75 Å². The van der Waals surface area contributed by atoms with Crippen LogP contribution in [0.4, 0.5) is 13.2 Å². The van der Waals surface area contributed by atoms with E-state index in [0.717, 1.165) is 11.8 Å². The van der Waals surface area contributed by atoms with Gasteiger partial charge in [-0.2, -0.15) is 13.2 Å². The average Bonchev–Trinajstić information content (AvgIpc) is 2.70. The van der Waals surface area contributed by atoms with E-state index in [0.29, 0.717) is 10.9 Å². The molecule has 1 heterocycles. The lowest BCUT2D eigenvalue weighted by molar-refractivity contribution is -0.145. The standard InChI is InChI=1S/C18H13F3N4O2S/c19-18(20,21)17-22-13-9-5-4-8-12(13)16(23-17)28-10-14(26)24-25-15(27)11-6-2-1-3-7-11/h1-9H,10H2,(H,24,26)(H,25,27). The monoisotopic (exact) mass is 406 g/mol. The molecule has 0 saturated heterocycles.